The highest BCUT2D eigenvalue weighted by molar-refractivity contribution is 4.77. The SMILES string of the molecule is C[C@@H](NN(C)C)C1CCC1. The highest BCUT2D eigenvalue weighted by Crippen LogP contribution is 2.29. The normalized spacial score (nSPS) is 22.8. The van der Waals surface area contributed by atoms with Gasteiger partial charge in [0.2, 0.25) is 0 Å². The first-order chi connectivity index (χ1) is 4.70. The number of hydrogen-bond acceptors (Lipinski definition) is 2. The van der Waals surface area contributed by atoms with Gasteiger partial charge in [0.15, 0.2) is 0 Å². The molecule has 1 N–H and O–H groups in total. The third kappa shape index (κ3) is 1.96. The van der Waals surface area contributed by atoms with Gasteiger partial charge in [0.25, 0.3) is 0 Å². The summed E-state index contributed by atoms with van der Waals surface area (Å²) in [5.41, 5.74) is 3.38. The van der Waals surface area contributed by atoms with Gasteiger partial charge in [-0.3, -0.25) is 10.4 Å². The number of nitrogens with one attached hydrogen (secondary N) is 1. The molecule has 1 aliphatic carbocycles. The van der Waals surface area contributed by atoms with Gasteiger partial charge in [0, 0.05) is 20.1 Å². The summed E-state index contributed by atoms with van der Waals surface area (Å²) in [5, 5.41) is 2.04. The lowest BCUT2D eigenvalue weighted by Gasteiger charge is -2.33. The molecule has 60 valence electrons. The number of nitrogens with zero attached hydrogens (tertiary/aromatic N) is 1. The standard InChI is InChI=1S/C8H18N2/c1-7(9-10(2)3)8-5-4-6-8/h7-9H,4-6H2,1-3H3/t7-/m1/s1. The summed E-state index contributed by atoms with van der Waals surface area (Å²) < 4.78 is 0. The summed E-state index contributed by atoms with van der Waals surface area (Å²) in [4.78, 5) is 0. The van der Waals surface area contributed by atoms with Crippen LogP contribution in [0.15, 0.2) is 0 Å². The molecule has 1 atom stereocenters. The molecular formula is C8H18N2. The Morgan fingerprint density at radius 2 is 2.00 bits per heavy atom. The van der Waals surface area contributed by atoms with E-state index in [0.29, 0.717) is 6.04 Å². The van der Waals surface area contributed by atoms with Crippen LogP contribution in [0.1, 0.15) is 26.2 Å². The Bertz CT molecular complexity index is 97.4. The number of hydrogen-bond donors (Lipinski definition) is 1. The van der Waals surface area contributed by atoms with Crippen molar-refractivity contribution in [2.75, 3.05) is 14.1 Å². The highest BCUT2D eigenvalue weighted by Gasteiger charge is 2.23. The second-order valence-electron chi connectivity index (χ2n) is 3.50. The highest BCUT2D eigenvalue weighted by atomic mass is 15.5. The molecule has 1 saturated carbocycles. The van der Waals surface area contributed by atoms with Gasteiger partial charge in [-0.2, -0.15) is 0 Å². The second-order valence-corrected chi connectivity index (χ2v) is 3.50. The second kappa shape index (κ2) is 3.35. The van der Waals surface area contributed by atoms with Gasteiger partial charge in [-0.1, -0.05) is 6.42 Å². The average Bonchev–Trinajstić information content (AvgIpc) is 1.55. The Balaban J connectivity index is 2.13. The maximum absolute atomic E-state index is 3.38. The fraction of sp³-hybridized carbons (Fsp3) is 1.00. The Labute approximate surface area is 63.6 Å². The molecule has 0 saturated heterocycles. The summed E-state index contributed by atoms with van der Waals surface area (Å²) in [5.74, 6) is 0.933. The van der Waals surface area contributed by atoms with Gasteiger partial charge in [0.05, 0.1) is 0 Å². The van der Waals surface area contributed by atoms with E-state index in [4.69, 9.17) is 0 Å². The van der Waals surface area contributed by atoms with Crippen molar-refractivity contribution in [2.45, 2.75) is 32.2 Å². The Morgan fingerprint density at radius 1 is 1.40 bits per heavy atom. The lowest BCUT2D eigenvalue weighted by atomic mass is 9.81. The maximum Gasteiger partial charge on any atom is 0.0215 e. The molecule has 0 bridgehead atoms. The maximum atomic E-state index is 3.38. The van der Waals surface area contributed by atoms with Crippen LogP contribution >= 0.6 is 0 Å². The smallest absolute Gasteiger partial charge is 0.0215 e. The Kier molecular flexibility index (Phi) is 2.69. The van der Waals surface area contributed by atoms with Gasteiger partial charge in [-0.05, 0) is 25.7 Å². The van der Waals surface area contributed by atoms with Gasteiger partial charge in [-0.25, -0.2) is 0 Å². The zero-order valence-corrected chi connectivity index (χ0v) is 7.22. The van der Waals surface area contributed by atoms with E-state index in [0.717, 1.165) is 5.92 Å². The molecule has 10 heavy (non-hydrogen) atoms. The molecule has 0 aromatic rings. The van der Waals surface area contributed by atoms with Crippen molar-refractivity contribution in [1.82, 2.24) is 10.4 Å². The molecule has 0 unspecified atom stereocenters. The molecular weight excluding hydrogens is 124 g/mol. The molecule has 0 aliphatic heterocycles. The molecule has 0 heterocycles. The predicted octanol–water partition coefficient (Wildman–Crippen LogP) is 1.24. The van der Waals surface area contributed by atoms with Gasteiger partial charge < -0.3 is 0 Å². The molecule has 0 aromatic carbocycles. The Hall–Kier alpha value is -0.0800. The number of hydrazine groups is 1. The molecule has 0 radical (unpaired) electrons. The van der Waals surface area contributed by atoms with Gasteiger partial charge in [-0.15, -0.1) is 0 Å². The van der Waals surface area contributed by atoms with E-state index in [-0.39, 0.29) is 0 Å². The molecule has 1 aliphatic rings. The fourth-order valence-corrected chi connectivity index (χ4v) is 1.45. The van der Waals surface area contributed by atoms with E-state index in [2.05, 4.69) is 26.4 Å². The van der Waals surface area contributed by atoms with Crippen molar-refractivity contribution >= 4 is 0 Å². The van der Waals surface area contributed by atoms with Crippen LogP contribution < -0.4 is 5.43 Å². The van der Waals surface area contributed by atoms with E-state index in [9.17, 15) is 0 Å². The van der Waals surface area contributed by atoms with Crippen LogP contribution in [-0.4, -0.2) is 25.1 Å². The van der Waals surface area contributed by atoms with Crippen LogP contribution in [0.3, 0.4) is 0 Å². The van der Waals surface area contributed by atoms with E-state index < -0.39 is 0 Å². The van der Waals surface area contributed by atoms with Gasteiger partial charge >= 0.3 is 0 Å². The van der Waals surface area contributed by atoms with E-state index >= 15 is 0 Å². The first kappa shape index (κ1) is 8.02. The van der Waals surface area contributed by atoms with Crippen molar-refractivity contribution in [1.29, 1.82) is 0 Å². The van der Waals surface area contributed by atoms with Crippen LogP contribution in [0.2, 0.25) is 0 Å². The predicted molar refractivity (Wildman–Crippen MR) is 43.6 cm³/mol. The summed E-state index contributed by atoms with van der Waals surface area (Å²) in [6.07, 6.45) is 4.27. The van der Waals surface area contributed by atoms with Crippen LogP contribution in [-0.2, 0) is 0 Å². The zero-order chi connectivity index (χ0) is 7.56. The third-order valence-electron chi connectivity index (χ3n) is 2.32. The molecule has 2 nitrogen and oxygen atoms in total. The molecule has 0 aromatic heterocycles. The molecule has 1 fully saturated rings. The van der Waals surface area contributed by atoms with Crippen molar-refractivity contribution in [3.8, 4) is 0 Å². The lowest BCUT2D eigenvalue weighted by molar-refractivity contribution is 0.157. The topological polar surface area (TPSA) is 15.3 Å². The summed E-state index contributed by atoms with van der Waals surface area (Å²) >= 11 is 0. The van der Waals surface area contributed by atoms with Crippen LogP contribution in [0.25, 0.3) is 0 Å². The minimum atomic E-state index is 0.670. The van der Waals surface area contributed by atoms with Crippen LogP contribution in [0, 0.1) is 5.92 Å². The lowest BCUT2D eigenvalue weighted by Crippen LogP contribution is -2.44. The minimum absolute atomic E-state index is 0.670. The summed E-state index contributed by atoms with van der Waals surface area (Å²) in [7, 11) is 4.10. The first-order valence-corrected chi connectivity index (χ1v) is 4.13. The van der Waals surface area contributed by atoms with Crippen molar-refractivity contribution < 1.29 is 0 Å². The molecule has 0 spiro atoms. The zero-order valence-electron chi connectivity index (χ0n) is 7.22. The molecule has 2 heteroatoms. The van der Waals surface area contributed by atoms with Crippen LogP contribution in [0.5, 0.6) is 0 Å². The van der Waals surface area contributed by atoms with Gasteiger partial charge in [0.1, 0.15) is 0 Å². The van der Waals surface area contributed by atoms with Crippen molar-refractivity contribution in [3.05, 3.63) is 0 Å². The Morgan fingerprint density at radius 3 is 2.30 bits per heavy atom. The largest absolute Gasteiger partial charge is 0.253 e. The molecule has 1 rings (SSSR count). The van der Waals surface area contributed by atoms with E-state index in [1.165, 1.54) is 19.3 Å². The third-order valence-corrected chi connectivity index (χ3v) is 2.32. The summed E-state index contributed by atoms with van der Waals surface area (Å²) in [6, 6.07) is 0.670. The molecule has 0 amide bonds. The van der Waals surface area contributed by atoms with Crippen molar-refractivity contribution in [2.24, 2.45) is 5.92 Å². The van der Waals surface area contributed by atoms with Crippen molar-refractivity contribution in [3.63, 3.8) is 0 Å². The van der Waals surface area contributed by atoms with E-state index in [1.807, 2.05) is 5.01 Å². The van der Waals surface area contributed by atoms with E-state index in [1.54, 1.807) is 0 Å². The quantitative estimate of drug-likeness (QED) is 0.596. The monoisotopic (exact) mass is 142 g/mol. The average molecular weight is 142 g/mol. The van der Waals surface area contributed by atoms with Crippen LogP contribution in [0.4, 0.5) is 0 Å². The summed E-state index contributed by atoms with van der Waals surface area (Å²) in [6.45, 7) is 2.27. The number of rotatable bonds is 3. The minimum Gasteiger partial charge on any atom is -0.253 e. The fourth-order valence-electron chi connectivity index (χ4n) is 1.45. The first-order valence-electron chi connectivity index (χ1n) is 4.13.